The van der Waals surface area contributed by atoms with Gasteiger partial charge in [-0.15, -0.1) is 0 Å². The molecule has 0 saturated carbocycles. The molecule has 0 bridgehead atoms. The summed E-state index contributed by atoms with van der Waals surface area (Å²) in [7, 11) is -1.42. The SMILES string of the molecule is CC1Cc2cc(C(=O)NCc3nc4ccccc4n3C)ccc2N1S(C)(=O)=O. The van der Waals surface area contributed by atoms with Gasteiger partial charge in [-0.2, -0.15) is 0 Å². The van der Waals surface area contributed by atoms with Gasteiger partial charge in [0.1, 0.15) is 5.82 Å². The number of nitrogens with zero attached hydrogens (tertiary/aromatic N) is 3. The highest BCUT2D eigenvalue weighted by Crippen LogP contribution is 2.34. The lowest BCUT2D eigenvalue weighted by Gasteiger charge is -2.21. The molecule has 1 amide bonds. The number of hydrogen-bond donors (Lipinski definition) is 1. The van der Waals surface area contributed by atoms with Crippen LogP contribution in [0.5, 0.6) is 0 Å². The molecule has 146 valence electrons. The van der Waals surface area contributed by atoms with Gasteiger partial charge in [-0.1, -0.05) is 12.1 Å². The van der Waals surface area contributed by atoms with Crippen molar-refractivity contribution in [2.24, 2.45) is 7.05 Å². The lowest BCUT2D eigenvalue weighted by Crippen LogP contribution is -2.34. The molecular weight excluding hydrogens is 376 g/mol. The molecule has 0 spiro atoms. The number of carbonyl (C=O) groups is 1. The number of fused-ring (bicyclic) bond motifs is 2. The smallest absolute Gasteiger partial charge is 0.251 e. The van der Waals surface area contributed by atoms with Gasteiger partial charge < -0.3 is 9.88 Å². The highest BCUT2D eigenvalue weighted by atomic mass is 32.2. The molecular formula is C20H22N4O3S. The first-order chi connectivity index (χ1) is 13.3. The van der Waals surface area contributed by atoms with E-state index in [9.17, 15) is 13.2 Å². The fourth-order valence-corrected chi connectivity index (χ4v) is 5.13. The van der Waals surface area contributed by atoms with Gasteiger partial charge >= 0.3 is 0 Å². The molecule has 1 aliphatic heterocycles. The third-order valence-corrected chi connectivity index (χ3v) is 6.41. The molecule has 3 aromatic rings. The molecule has 1 atom stereocenters. The van der Waals surface area contributed by atoms with E-state index in [1.54, 1.807) is 18.2 Å². The molecule has 0 aliphatic carbocycles. The fourth-order valence-electron chi connectivity index (χ4n) is 3.86. The third-order valence-electron chi connectivity index (χ3n) is 5.14. The Hall–Kier alpha value is -2.87. The number of carbonyl (C=O) groups excluding carboxylic acids is 1. The number of sulfonamides is 1. The zero-order valence-electron chi connectivity index (χ0n) is 16.0. The first-order valence-corrected chi connectivity index (χ1v) is 10.9. The number of benzene rings is 2. The van der Waals surface area contributed by atoms with Crippen LogP contribution >= 0.6 is 0 Å². The molecule has 0 saturated heterocycles. The van der Waals surface area contributed by atoms with E-state index in [0.29, 0.717) is 24.2 Å². The number of aromatic nitrogens is 2. The number of nitrogens with one attached hydrogen (secondary N) is 1. The van der Waals surface area contributed by atoms with Crippen LogP contribution < -0.4 is 9.62 Å². The normalized spacial score (nSPS) is 16.4. The van der Waals surface area contributed by atoms with Crippen LogP contribution in [0.2, 0.25) is 0 Å². The van der Waals surface area contributed by atoms with Gasteiger partial charge in [0, 0.05) is 18.7 Å². The molecule has 0 radical (unpaired) electrons. The Balaban J connectivity index is 1.53. The number of imidazole rings is 1. The lowest BCUT2D eigenvalue weighted by atomic mass is 10.1. The van der Waals surface area contributed by atoms with Crippen molar-refractivity contribution >= 4 is 32.7 Å². The topological polar surface area (TPSA) is 84.3 Å². The Labute approximate surface area is 164 Å². The summed E-state index contributed by atoms with van der Waals surface area (Å²) in [6.07, 6.45) is 1.80. The van der Waals surface area contributed by atoms with Crippen molar-refractivity contribution in [1.29, 1.82) is 0 Å². The van der Waals surface area contributed by atoms with Crippen molar-refractivity contribution in [3.63, 3.8) is 0 Å². The molecule has 1 aliphatic rings. The van der Waals surface area contributed by atoms with Gasteiger partial charge in [0.2, 0.25) is 10.0 Å². The maximum absolute atomic E-state index is 12.6. The highest BCUT2D eigenvalue weighted by molar-refractivity contribution is 7.92. The van der Waals surface area contributed by atoms with Crippen LogP contribution in [0.25, 0.3) is 11.0 Å². The number of rotatable bonds is 4. The molecule has 7 nitrogen and oxygen atoms in total. The van der Waals surface area contributed by atoms with Gasteiger partial charge in [-0.05, 0) is 49.2 Å². The molecule has 1 N–H and O–H groups in total. The van der Waals surface area contributed by atoms with E-state index in [2.05, 4.69) is 10.3 Å². The highest BCUT2D eigenvalue weighted by Gasteiger charge is 2.32. The van der Waals surface area contributed by atoms with Crippen LogP contribution in [0, 0.1) is 0 Å². The Morgan fingerprint density at radius 2 is 2.00 bits per heavy atom. The molecule has 2 aromatic carbocycles. The standard InChI is InChI=1S/C20H22N4O3S/c1-13-10-15-11-14(8-9-17(15)24(13)28(3,26)27)20(25)21-12-19-22-16-6-4-5-7-18(16)23(19)2/h4-9,11,13H,10,12H2,1-3H3,(H,21,25). The van der Waals surface area contributed by atoms with E-state index in [0.717, 1.165) is 22.4 Å². The molecule has 4 rings (SSSR count). The lowest BCUT2D eigenvalue weighted by molar-refractivity contribution is 0.0949. The fraction of sp³-hybridized carbons (Fsp3) is 0.300. The summed E-state index contributed by atoms with van der Waals surface area (Å²) >= 11 is 0. The Morgan fingerprint density at radius 3 is 2.71 bits per heavy atom. The summed E-state index contributed by atoms with van der Waals surface area (Å²) in [6, 6.07) is 12.8. The Kier molecular flexibility index (Phi) is 4.38. The second-order valence-corrected chi connectivity index (χ2v) is 9.07. The van der Waals surface area contributed by atoms with Crippen LogP contribution in [0.15, 0.2) is 42.5 Å². The molecule has 8 heteroatoms. The molecule has 0 fully saturated rings. The number of aryl methyl sites for hydroxylation is 1. The molecule has 1 aromatic heterocycles. The number of hydrogen-bond acceptors (Lipinski definition) is 4. The second kappa shape index (κ2) is 6.63. The van der Waals surface area contributed by atoms with E-state index in [1.807, 2.05) is 42.8 Å². The Bertz CT molecular complexity index is 1180. The van der Waals surface area contributed by atoms with Crippen LogP contribution in [0.3, 0.4) is 0 Å². The quantitative estimate of drug-likeness (QED) is 0.730. The minimum absolute atomic E-state index is 0.150. The van der Waals surface area contributed by atoms with Crippen molar-refractivity contribution in [2.75, 3.05) is 10.6 Å². The number of amides is 1. The minimum Gasteiger partial charge on any atom is -0.345 e. The van der Waals surface area contributed by atoms with E-state index >= 15 is 0 Å². The van der Waals surface area contributed by atoms with Crippen molar-refractivity contribution < 1.29 is 13.2 Å². The number of anilines is 1. The van der Waals surface area contributed by atoms with Gasteiger partial charge in [0.15, 0.2) is 0 Å². The predicted octanol–water partition coefficient (Wildman–Crippen LogP) is 2.21. The summed E-state index contributed by atoms with van der Waals surface area (Å²) in [4.78, 5) is 17.2. The maximum Gasteiger partial charge on any atom is 0.251 e. The average molecular weight is 398 g/mol. The summed E-state index contributed by atoms with van der Waals surface area (Å²) in [5.74, 6) is 0.563. The van der Waals surface area contributed by atoms with Crippen molar-refractivity contribution in [2.45, 2.75) is 25.9 Å². The van der Waals surface area contributed by atoms with Crippen LogP contribution in [0.4, 0.5) is 5.69 Å². The van der Waals surface area contributed by atoms with E-state index in [-0.39, 0.29) is 11.9 Å². The molecule has 1 unspecified atom stereocenters. The first-order valence-electron chi connectivity index (χ1n) is 9.06. The summed E-state index contributed by atoms with van der Waals surface area (Å²) in [5, 5.41) is 2.91. The van der Waals surface area contributed by atoms with Crippen LogP contribution in [-0.4, -0.2) is 36.2 Å². The van der Waals surface area contributed by atoms with E-state index in [1.165, 1.54) is 10.6 Å². The minimum atomic E-state index is -3.34. The van der Waals surface area contributed by atoms with Gasteiger partial charge in [0.25, 0.3) is 5.91 Å². The van der Waals surface area contributed by atoms with Crippen molar-refractivity contribution in [3.8, 4) is 0 Å². The zero-order valence-corrected chi connectivity index (χ0v) is 16.8. The molecule has 2 heterocycles. The summed E-state index contributed by atoms with van der Waals surface area (Å²) < 4.78 is 27.4. The largest absolute Gasteiger partial charge is 0.345 e. The number of para-hydroxylation sites is 2. The maximum atomic E-state index is 12.6. The van der Waals surface area contributed by atoms with Crippen molar-refractivity contribution in [1.82, 2.24) is 14.9 Å². The predicted molar refractivity (Wildman–Crippen MR) is 109 cm³/mol. The van der Waals surface area contributed by atoms with Crippen molar-refractivity contribution in [3.05, 3.63) is 59.4 Å². The monoisotopic (exact) mass is 398 g/mol. The Morgan fingerprint density at radius 1 is 1.25 bits per heavy atom. The van der Waals surface area contributed by atoms with E-state index < -0.39 is 10.0 Å². The summed E-state index contributed by atoms with van der Waals surface area (Å²) in [6.45, 7) is 2.18. The van der Waals surface area contributed by atoms with Crippen LogP contribution in [-0.2, 0) is 30.0 Å². The third kappa shape index (κ3) is 3.13. The summed E-state index contributed by atoms with van der Waals surface area (Å²) in [5.41, 5.74) is 3.94. The van der Waals surface area contributed by atoms with Gasteiger partial charge in [-0.3, -0.25) is 9.10 Å². The first kappa shape index (κ1) is 18.5. The van der Waals surface area contributed by atoms with Gasteiger partial charge in [-0.25, -0.2) is 13.4 Å². The van der Waals surface area contributed by atoms with Gasteiger partial charge in [0.05, 0.1) is 29.5 Å². The zero-order chi connectivity index (χ0) is 20.1. The van der Waals surface area contributed by atoms with E-state index in [4.69, 9.17) is 0 Å². The second-order valence-electron chi connectivity index (χ2n) is 7.21. The average Bonchev–Trinajstić information content (AvgIpc) is 3.15. The van der Waals surface area contributed by atoms with Crippen LogP contribution in [0.1, 0.15) is 28.7 Å². The molecule has 28 heavy (non-hydrogen) atoms.